The minimum Gasteiger partial charge on any atom is -0.0807 e. The molecular formula is C30H46. The van der Waals surface area contributed by atoms with Gasteiger partial charge in [-0.15, -0.1) is 0 Å². The first-order chi connectivity index (χ1) is 14.9. The number of unbranched alkanes of at least 4 members (excludes halogenated alkanes) is 13. The van der Waals surface area contributed by atoms with E-state index in [0.29, 0.717) is 0 Å². The second kappa shape index (κ2) is 16.2. The summed E-state index contributed by atoms with van der Waals surface area (Å²) in [6, 6.07) is 15.6. The van der Waals surface area contributed by atoms with Crippen LogP contribution in [-0.2, 0) is 0 Å². The summed E-state index contributed by atoms with van der Waals surface area (Å²) in [7, 11) is 0. The molecule has 0 unspecified atom stereocenters. The zero-order valence-corrected chi connectivity index (χ0v) is 19.9. The summed E-state index contributed by atoms with van der Waals surface area (Å²) < 4.78 is 0. The molecule has 0 spiro atoms. The topological polar surface area (TPSA) is 0 Å². The lowest BCUT2D eigenvalue weighted by Gasteiger charge is -2.11. The van der Waals surface area contributed by atoms with Gasteiger partial charge in [-0.25, -0.2) is 0 Å². The van der Waals surface area contributed by atoms with Crippen molar-refractivity contribution in [2.45, 2.75) is 117 Å². The van der Waals surface area contributed by atoms with Gasteiger partial charge in [-0.2, -0.15) is 0 Å². The van der Waals surface area contributed by atoms with E-state index in [0.717, 1.165) is 0 Å². The summed E-state index contributed by atoms with van der Waals surface area (Å²) >= 11 is 0. The predicted octanol–water partition coefficient (Wildman–Crippen LogP) is 10.5. The van der Waals surface area contributed by atoms with Gasteiger partial charge in [0.25, 0.3) is 0 Å². The summed E-state index contributed by atoms with van der Waals surface area (Å²) in [5.41, 5.74) is 3.03. The Morgan fingerprint density at radius 1 is 0.600 bits per heavy atom. The fraction of sp³-hybridized carbons (Fsp3) is 0.600. The SMILES string of the molecule is CCCCCCCCCCCCCC/C=C(\CCCC)c1cccc2ccccc12. The number of hydrogen-bond acceptors (Lipinski definition) is 0. The number of benzene rings is 2. The van der Waals surface area contributed by atoms with Crippen LogP contribution >= 0.6 is 0 Å². The number of hydrogen-bond donors (Lipinski definition) is 0. The summed E-state index contributed by atoms with van der Waals surface area (Å²) in [6.07, 6.45) is 24.6. The Balaban J connectivity index is 1.69. The molecule has 2 aromatic rings. The van der Waals surface area contributed by atoms with Crippen LogP contribution in [0.25, 0.3) is 16.3 Å². The smallest absolute Gasteiger partial charge is 0.0109 e. The summed E-state index contributed by atoms with van der Waals surface area (Å²) in [6.45, 7) is 4.59. The van der Waals surface area contributed by atoms with Crippen LogP contribution in [0.15, 0.2) is 48.5 Å². The number of allylic oxidation sites excluding steroid dienone is 2. The van der Waals surface area contributed by atoms with Crippen LogP contribution in [0, 0.1) is 0 Å². The lowest BCUT2D eigenvalue weighted by atomic mass is 9.93. The van der Waals surface area contributed by atoms with Gasteiger partial charge in [0.1, 0.15) is 0 Å². The van der Waals surface area contributed by atoms with Crippen LogP contribution in [0.3, 0.4) is 0 Å². The van der Waals surface area contributed by atoms with Gasteiger partial charge < -0.3 is 0 Å². The Kier molecular flexibility index (Phi) is 13.3. The molecule has 30 heavy (non-hydrogen) atoms. The van der Waals surface area contributed by atoms with Crippen molar-refractivity contribution in [2.24, 2.45) is 0 Å². The maximum atomic E-state index is 2.55. The molecular weight excluding hydrogens is 360 g/mol. The van der Waals surface area contributed by atoms with Crippen LogP contribution in [0.4, 0.5) is 0 Å². The van der Waals surface area contributed by atoms with Gasteiger partial charge in [-0.3, -0.25) is 0 Å². The third-order valence-electron chi connectivity index (χ3n) is 6.38. The molecule has 2 rings (SSSR count). The Hall–Kier alpha value is -1.56. The highest BCUT2D eigenvalue weighted by molar-refractivity contribution is 5.93. The summed E-state index contributed by atoms with van der Waals surface area (Å²) in [5.74, 6) is 0. The first kappa shape index (κ1) is 24.7. The van der Waals surface area contributed by atoms with Crippen LogP contribution in [-0.4, -0.2) is 0 Å². The second-order valence-electron chi connectivity index (χ2n) is 9.04. The van der Waals surface area contributed by atoms with E-state index in [9.17, 15) is 0 Å². The fourth-order valence-electron chi connectivity index (χ4n) is 4.48. The zero-order valence-electron chi connectivity index (χ0n) is 19.9. The molecule has 0 fully saturated rings. The molecule has 0 aliphatic heterocycles. The molecule has 0 amide bonds. The van der Waals surface area contributed by atoms with Gasteiger partial charge in [0, 0.05) is 0 Å². The Labute approximate surface area is 187 Å². The van der Waals surface area contributed by atoms with Crippen LogP contribution < -0.4 is 0 Å². The maximum absolute atomic E-state index is 2.55. The Morgan fingerprint density at radius 3 is 1.83 bits per heavy atom. The van der Waals surface area contributed by atoms with E-state index < -0.39 is 0 Å². The monoisotopic (exact) mass is 406 g/mol. The van der Waals surface area contributed by atoms with E-state index in [-0.39, 0.29) is 0 Å². The average Bonchev–Trinajstić information content (AvgIpc) is 2.78. The van der Waals surface area contributed by atoms with Gasteiger partial charge in [0.05, 0.1) is 0 Å². The number of rotatable bonds is 17. The van der Waals surface area contributed by atoms with E-state index in [1.165, 1.54) is 119 Å². The maximum Gasteiger partial charge on any atom is -0.0109 e. The van der Waals surface area contributed by atoms with Crippen molar-refractivity contribution in [3.63, 3.8) is 0 Å². The first-order valence-corrected chi connectivity index (χ1v) is 13.0. The van der Waals surface area contributed by atoms with E-state index in [4.69, 9.17) is 0 Å². The molecule has 0 aliphatic carbocycles. The minimum absolute atomic E-state index is 1.21. The Bertz CT molecular complexity index is 704. The molecule has 0 bridgehead atoms. The van der Waals surface area contributed by atoms with Gasteiger partial charge in [0.15, 0.2) is 0 Å². The lowest BCUT2D eigenvalue weighted by molar-refractivity contribution is 0.545. The first-order valence-electron chi connectivity index (χ1n) is 13.0. The molecule has 0 saturated carbocycles. The van der Waals surface area contributed by atoms with Crippen molar-refractivity contribution < 1.29 is 0 Å². The molecule has 2 aromatic carbocycles. The molecule has 0 saturated heterocycles. The lowest BCUT2D eigenvalue weighted by Crippen LogP contribution is -1.89. The normalized spacial score (nSPS) is 12.0. The van der Waals surface area contributed by atoms with Crippen molar-refractivity contribution in [3.8, 4) is 0 Å². The van der Waals surface area contributed by atoms with Gasteiger partial charge in [-0.1, -0.05) is 139 Å². The van der Waals surface area contributed by atoms with Crippen molar-refractivity contribution in [2.75, 3.05) is 0 Å². The third-order valence-corrected chi connectivity index (χ3v) is 6.38. The average molecular weight is 407 g/mol. The summed E-state index contributed by atoms with van der Waals surface area (Å²) in [4.78, 5) is 0. The van der Waals surface area contributed by atoms with Crippen LogP contribution in [0.2, 0.25) is 0 Å². The van der Waals surface area contributed by atoms with Gasteiger partial charge in [0.2, 0.25) is 0 Å². The van der Waals surface area contributed by atoms with Crippen LogP contribution in [0.1, 0.15) is 122 Å². The van der Waals surface area contributed by atoms with E-state index in [1.807, 2.05) is 0 Å². The number of fused-ring (bicyclic) bond motifs is 1. The second-order valence-corrected chi connectivity index (χ2v) is 9.04. The fourth-order valence-corrected chi connectivity index (χ4v) is 4.48. The molecule has 0 radical (unpaired) electrons. The molecule has 0 heteroatoms. The highest BCUT2D eigenvalue weighted by atomic mass is 14.1. The standard InChI is InChI=1S/C30H46/c1-3-5-7-8-9-10-11-12-13-14-15-16-17-22-27(21-6-4-2)30-26-20-24-28-23-18-19-25-29(28)30/h18-20,22-26H,3-17,21H2,1-2H3/b27-22+. The van der Waals surface area contributed by atoms with Gasteiger partial charge in [-0.05, 0) is 47.6 Å². The Morgan fingerprint density at radius 2 is 1.17 bits per heavy atom. The summed E-state index contributed by atoms with van der Waals surface area (Å²) in [5, 5.41) is 2.78. The molecule has 166 valence electrons. The van der Waals surface area contributed by atoms with E-state index in [1.54, 1.807) is 5.57 Å². The van der Waals surface area contributed by atoms with Crippen molar-refractivity contribution >= 4 is 16.3 Å². The predicted molar refractivity (Wildman–Crippen MR) is 137 cm³/mol. The molecule has 0 atom stereocenters. The largest absolute Gasteiger partial charge is 0.0807 e. The van der Waals surface area contributed by atoms with Gasteiger partial charge >= 0.3 is 0 Å². The van der Waals surface area contributed by atoms with E-state index >= 15 is 0 Å². The highest BCUT2D eigenvalue weighted by Crippen LogP contribution is 2.29. The minimum atomic E-state index is 1.21. The molecule has 0 N–H and O–H groups in total. The quantitative estimate of drug-likeness (QED) is 0.229. The molecule has 0 nitrogen and oxygen atoms in total. The van der Waals surface area contributed by atoms with Crippen molar-refractivity contribution in [1.82, 2.24) is 0 Å². The molecule has 0 heterocycles. The van der Waals surface area contributed by atoms with Crippen LogP contribution in [0.5, 0.6) is 0 Å². The zero-order chi connectivity index (χ0) is 21.3. The third kappa shape index (κ3) is 9.50. The van der Waals surface area contributed by atoms with Crippen molar-refractivity contribution in [3.05, 3.63) is 54.1 Å². The van der Waals surface area contributed by atoms with E-state index in [2.05, 4.69) is 62.4 Å². The molecule has 0 aliphatic rings. The van der Waals surface area contributed by atoms with Crippen molar-refractivity contribution in [1.29, 1.82) is 0 Å². The highest BCUT2D eigenvalue weighted by Gasteiger charge is 2.06. The molecule has 0 aromatic heterocycles.